The van der Waals surface area contributed by atoms with E-state index in [1.165, 1.54) is 35.0 Å². The van der Waals surface area contributed by atoms with Gasteiger partial charge < -0.3 is 14.8 Å². The molecule has 2 aliphatic heterocycles. The number of hydrogen-bond donors (Lipinski definition) is 1. The first-order valence-electron chi connectivity index (χ1n) is 12.8. The van der Waals surface area contributed by atoms with Gasteiger partial charge in [0.1, 0.15) is 0 Å². The molecule has 38 heavy (non-hydrogen) atoms. The number of piperidine rings is 2. The van der Waals surface area contributed by atoms with Gasteiger partial charge >= 0.3 is 0 Å². The normalized spacial score (nSPS) is 19.6. The van der Waals surface area contributed by atoms with Crippen molar-refractivity contribution in [2.75, 3.05) is 40.4 Å². The number of nitrogens with one attached hydrogen (secondary N) is 1. The third-order valence-electron chi connectivity index (χ3n) is 7.09. The summed E-state index contributed by atoms with van der Waals surface area (Å²) in [5.74, 6) is 0.0220. The molecule has 0 saturated carbocycles. The lowest BCUT2D eigenvalue weighted by atomic mass is 9.99. The molecule has 0 aromatic heterocycles. The Morgan fingerprint density at radius 3 is 2.08 bits per heavy atom. The first-order valence-corrected chi connectivity index (χ1v) is 15.6. The van der Waals surface area contributed by atoms with E-state index in [-0.39, 0.29) is 28.8 Å². The smallest absolute Gasteiger partial charge is 0.243 e. The lowest BCUT2D eigenvalue weighted by Gasteiger charge is -2.31. The maximum Gasteiger partial charge on any atom is 0.243 e. The summed E-state index contributed by atoms with van der Waals surface area (Å²) < 4.78 is 65.5. The second-order valence-corrected chi connectivity index (χ2v) is 13.4. The summed E-state index contributed by atoms with van der Waals surface area (Å²) >= 11 is 0. The zero-order chi connectivity index (χ0) is 27.3. The number of benzene rings is 2. The minimum Gasteiger partial charge on any atom is -0.493 e. The van der Waals surface area contributed by atoms with Crippen molar-refractivity contribution in [3.05, 3.63) is 48.0 Å². The Morgan fingerprint density at radius 1 is 0.816 bits per heavy atom. The van der Waals surface area contributed by atoms with Crippen LogP contribution in [0.1, 0.15) is 37.7 Å². The van der Waals surface area contributed by atoms with Crippen molar-refractivity contribution >= 4 is 26.0 Å². The Hall–Kier alpha value is -2.67. The van der Waals surface area contributed by atoms with Gasteiger partial charge in [0.2, 0.25) is 26.0 Å². The third-order valence-corrected chi connectivity index (χ3v) is 10.9. The summed E-state index contributed by atoms with van der Waals surface area (Å²) in [4.78, 5) is 13.3. The highest BCUT2D eigenvalue weighted by Crippen LogP contribution is 2.32. The maximum atomic E-state index is 13.3. The molecule has 2 saturated heterocycles. The lowest BCUT2D eigenvalue weighted by Crippen LogP contribution is -2.45. The molecule has 10 nitrogen and oxygen atoms in total. The van der Waals surface area contributed by atoms with Crippen molar-refractivity contribution < 1.29 is 31.1 Å². The number of hydrogen-bond acceptors (Lipinski definition) is 7. The second-order valence-electron chi connectivity index (χ2n) is 9.55. The highest BCUT2D eigenvalue weighted by atomic mass is 32.2. The summed E-state index contributed by atoms with van der Waals surface area (Å²) in [6.45, 7) is 1.71. The molecule has 0 radical (unpaired) electrons. The van der Waals surface area contributed by atoms with Gasteiger partial charge in [0.15, 0.2) is 11.5 Å². The lowest BCUT2D eigenvalue weighted by molar-refractivity contribution is -0.126. The van der Waals surface area contributed by atoms with Gasteiger partial charge in [-0.1, -0.05) is 18.6 Å². The SMILES string of the molecule is COc1ccc(S(=O)(=O)N2CCC[C@@H](C(=O)NCc3ccc(S(=O)(=O)N4CCCCC4)cc3)C2)cc1OC. The van der Waals surface area contributed by atoms with Crippen LogP contribution in [-0.2, 0) is 31.4 Å². The molecule has 1 amide bonds. The summed E-state index contributed by atoms with van der Waals surface area (Å²) in [7, 11) is -4.42. The summed E-state index contributed by atoms with van der Waals surface area (Å²) in [6.07, 6.45) is 3.94. The average Bonchev–Trinajstić information content (AvgIpc) is 2.96. The fourth-order valence-corrected chi connectivity index (χ4v) is 7.92. The van der Waals surface area contributed by atoms with Crippen LogP contribution in [0.25, 0.3) is 0 Å². The number of carbonyl (C=O) groups is 1. The van der Waals surface area contributed by atoms with Gasteiger partial charge in [-0.05, 0) is 55.5 Å². The van der Waals surface area contributed by atoms with E-state index in [9.17, 15) is 21.6 Å². The number of carbonyl (C=O) groups excluding carboxylic acids is 1. The summed E-state index contributed by atoms with van der Waals surface area (Å²) in [5, 5.41) is 2.88. The molecule has 2 aromatic carbocycles. The van der Waals surface area contributed by atoms with Crippen molar-refractivity contribution in [2.24, 2.45) is 5.92 Å². The van der Waals surface area contributed by atoms with Crippen LogP contribution in [0.2, 0.25) is 0 Å². The molecule has 0 unspecified atom stereocenters. The molecule has 0 spiro atoms. The van der Waals surface area contributed by atoms with Crippen LogP contribution in [-0.4, -0.2) is 71.8 Å². The molecular formula is C26H35N3O7S2. The van der Waals surface area contributed by atoms with E-state index in [1.807, 2.05) is 0 Å². The molecule has 1 atom stereocenters. The van der Waals surface area contributed by atoms with Crippen LogP contribution < -0.4 is 14.8 Å². The van der Waals surface area contributed by atoms with E-state index < -0.39 is 26.0 Å². The van der Waals surface area contributed by atoms with Crippen molar-refractivity contribution in [3.8, 4) is 11.5 Å². The molecule has 2 aliphatic rings. The number of sulfonamides is 2. The average molecular weight is 566 g/mol. The number of amides is 1. The maximum absolute atomic E-state index is 13.3. The molecule has 0 bridgehead atoms. The van der Waals surface area contributed by atoms with E-state index in [0.717, 1.165) is 24.8 Å². The van der Waals surface area contributed by atoms with E-state index in [4.69, 9.17) is 9.47 Å². The molecule has 2 heterocycles. The number of ether oxygens (including phenoxy) is 2. The van der Waals surface area contributed by atoms with Crippen molar-refractivity contribution in [2.45, 2.75) is 48.4 Å². The number of methoxy groups -OCH3 is 2. The summed E-state index contributed by atoms with van der Waals surface area (Å²) in [6, 6.07) is 11.0. The van der Waals surface area contributed by atoms with Crippen LogP contribution in [0.15, 0.2) is 52.3 Å². The van der Waals surface area contributed by atoms with Gasteiger partial charge in [-0.15, -0.1) is 0 Å². The first-order chi connectivity index (χ1) is 18.2. The molecule has 12 heteroatoms. The topological polar surface area (TPSA) is 122 Å². The first kappa shape index (κ1) is 28.3. The minimum absolute atomic E-state index is 0.0789. The fraction of sp³-hybridized carbons (Fsp3) is 0.500. The van der Waals surface area contributed by atoms with Gasteiger partial charge in [-0.2, -0.15) is 8.61 Å². The number of rotatable bonds is 9. The van der Waals surface area contributed by atoms with E-state index in [0.29, 0.717) is 44.0 Å². The molecule has 4 rings (SSSR count). The Kier molecular flexibility index (Phi) is 8.96. The van der Waals surface area contributed by atoms with Crippen molar-refractivity contribution in [1.82, 2.24) is 13.9 Å². The highest BCUT2D eigenvalue weighted by Gasteiger charge is 2.34. The van der Waals surface area contributed by atoms with Gasteiger partial charge in [-0.25, -0.2) is 16.8 Å². The monoisotopic (exact) mass is 565 g/mol. The molecule has 0 aliphatic carbocycles. The van der Waals surface area contributed by atoms with Crippen LogP contribution in [0.4, 0.5) is 0 Å². The fourth-order valence-electron chi connectivity index (χ4n) is 4.87. The zero-order valence-corrected chi connectivity index (χ0v) is 23.4. The van der Waals surface area contributed by atoms with Crippen LogP contribution in [0.3, 0.4) is 0 Å². The minimum atomic E-state index is -3.82. The van der Waals surface area contributed by atoms with Gasteiger partial charge in [0.25, 0.3) is 0 Å². The Labute approximate surface area is 225 Å². The Bertz CT molecular complexity index is 1340. The molecule has 2 fully saturated rings. The standard InChI is InChI=1S/C26H35N3O7S2/c1-35-24-13-12-23(17-25(24)36-2)38(33,34)29-16-6-7-21(19-29)26(30)27-18-20-8-10-22(11-9-20)37(31,32)28-14-4-3-5-15-28/h8-13,17,21H,3-7,14-16,18-19H2,1-2H3,(H,27,30)/t21-/m1/s1. The van der Waals surface area contributed by atoms with Crippen molar-refractivity contribution in [3.63, 3.8) is 0 Å². The largest absolute Gasteiger partial charge is 0.493 e. The van der Waals surface area contributed by atoms with Crippen LogP contribution in [0.5, 0.6) is 11.5 Å². The molecule has 208 valence electrons. The van der Waals surface area contributed by atoms with Crippen molar-refractivity contribution in [1.29, 1.82) is 0 Å². The molecule has 1 N–H and O–H groups in total. The van der Waals surface area contributed by atoms with Crippen LogP contribution >= 0.6 is 0 Å². The number of nitrogens with zero attached hydrogens (tertiary/aromatic N) is 2. The van der Waals surface area contributed by atoms with Gasteiger partial charge in [0.05, 0.1) is 29.9 Å². The predicted octanol–water partition coefficient (Wildman–Crippen LogP) is 2.60. The van der Waals surface area contributed by atoms with Gasteiger partial charge in [-0.3, -0.25) is 4.79 Å². The van der Waals surface area contributed by atoms with E-state index in [1.54, 1.807) is 30.3 Å². The molecular weight excluding hydrogens is 530 g/mol. The second kappa shape index (κ2) is 12.0. The van der Waals surface area contributed by atoms with Gasteiger partial charge in [0, 0.05) is 38.8 Å². The Balaban J connectivity index is 1.36. The highest BCUT2D eigenvalue weighted by molar-refractivity contribution is 7.89. The quantitative estimate of drug-likeness (QED) is 0.496. The Morgan fingerprint density at radius 2 is 1.42 bits per heavy atom. The summed E-state index contributed by atoms with van der Waals surface area (Å²) in [5.41, 5.74) is 0.765. The zero-order valence-electron chi connectivity index (χ0n) is 21.8. The predicted molar refractivity (Wildman–Crippen MR) is 142 cm³/mol. The van der Waals surface area contributed by atoms with Crippen LogP contribution in [0, 0.1) is 5.92 Å². The van der Waals surface area contributed by atoms with E-state index >= 15 is 0 Å². The van der Waals surface area contributed by atoms with E-state index in [2.05, 4.69) is 5.32 Å². The third kappa shape index (κ3) is 6.14. The molecule has 2 aromatic rings.